The lowest BCUT2D eigenvalue weighted by Gasteiger charge is -2.27. The molecule has 0 bridgehead atoms. The smallest absolute Gasteiger partial charge is 0.242 e. The van der Waals surface area contributed by atoms with Crippen molar-refractivity contribution >= 4 is 34.8 Å². The number of halogens is 1. The lowest BCUT2D eigenvalue weighted by molar-refractivity contribution is -0.130. The third kappa shape index (κ3) is 4.99. The second-order valence-corrected chi connectivity index (χ2v) is 7.60. The van der Waals surface area contributed by atoms with E-state index in [4.69, 9.17) is 11.6 Å². The van der Waals surface area contributed by atoms with Crippen LogP contribution in [0.1, 0.15) is 16.0 Å². The summed E-state index contributed by atoms with van der Waals surface area (Å²) in [5, 5.41) is 9.19. The van der Waals surface area contributed by atoms with Gasteiger partial charge in [-0.3, -0.25) is 9.79 Å². The van der Waals surface area contributed by atoms with Crippen LogP contribution in [0, 0.1) is 0 Å². The van der Waals surface area contributed by atoms with E-state index < -0.39 is 0 Å². The van der Waals surface area contributed by atoms with Crippen LogP contribution in [0.15, 0.2) is 40.7 Å². The first-order chi connectivity index (χ1) is 12.7. The Kier molecular flexibility index (Phi) is 6.52. The molecule has 5 nitrogen and oxygen atoms in total. The summed E-state index contributed by atoms with van der Waals surface area (Å²) in [5.41, 5.74) is 2.48. The zero-order valence-electron chi connectivity index (χ0n) is 14.8. The molecule has 0 radical (unpaired) electrons. The third-order valence-electron chi connectivity index (χ3n) is 4.41. The first-order valence-electron chi connectivity index (χ1n) is 8.67. The van der Waals surface area contributed by atoms with Crippen molar-refractivity contribution in [3.8, 4) is 0 Å². The summed E-state index contributed by atoms with van der Waals surface area (Å²) in [6.07, 6.45) is 1.81. The zero-order valence-corrected chi connectivity index (χ0v) is 16.4. The minimum absolute atomic E-state index is 0.0995. The quantitative estimate of drug-likeness (QED) is 0.609. The van der Waals surface area contributed by atoms with Crippen molar-refractivity contribution in [2.24, 2.45) is 4.99 Å². The molecular formula is C19H23ClN4OS. The highest BCUT2D eigenvalue weighted by atomic mass is 35.5. The third-order valence-corrected chi connectivity index (χ3v) is 5.69. The summed E-state index contributed by atoms with van der Waals surface area (Å²) >= 11 is 7.67. The molecule has 3 rings (SSSR count). The number of rotatable bonds is 5. The van der Waals surface area contributed by atoms with E-state index in [2.05, 4.69) is 27.1 Å². The van der Waals surface area contributed by atoms with Crippen molar-refractivity contribution in [1.29, 1.82) is 0 Å². The van der Waals surface area contributed by atoms with Crippen LogP contribution in [0.3, 0.4) is 0 Å². The summed E-state index contributed by atoms with van der Waals surface area (Å²) in [4.78, 5) is 19.9. The number of amides is 1. The van der Waals surface area contributed by atoms with Crippen LogP contribution >= 0.6 is 22.9 Å². The molecule has 2 heterocycles. The van der Waals surface area contributed by atoms with E-state index in [0.717, 1.165) is 31.0 Å². The lowest BCUT2D eigenvalue weighted by Crippen LogP contribution is -2.46. The molecule has 0 unspecified atom stereocenters. The normalized spacial score (nSPS) is 14.1. The standard InChI is InChI=1S/C19H23ClN4OS/c1-21-19(22-9-6-14-2-4-16(20)5-3-14)23-12-18(25)24-10-7-17-15(13-24)8-11-26-17/h2-5,8,11H,6-7,9-10,12-13H2,1H3,(H2,21,22,23). The number of hydrogen-bond donors (Lipinski definition) is 2. The van der Waals surface area contributed by atoms with Crippen molar-refractivity contribution in [3.05, 3.63) is 56.7 Å². The highest BCUT2D eigenvalue weighted by Gasteiger charge is 2.21. The summed E-state index contributed by atoms with van der Waals surface area (Å²) in [6.45, 7) is 2.48. The number of guanidine groups is 1. The average molecular weight is 391 g/mol. The number of carbonyl (C=O) groups excluding carboxylic acids is 1. The molecule has 1 amide bonds. The zero-order chi connectivity index (χ0) is 18.4. The van der Waals surface area contributed by atoms with E-state index in [9.17, 15) is 4.79 Å². The molecule has 0 spiro atoms. The molecule has 2 aromatic rings. The highest BCUT2D eigenvalue weighted by Crippen LogP contribution is 2.23. The van der Waals surface area contributed by atoms with Gasteiger partial charge in [0.05, 0.1) is 6.54 Å². The van der Waals surface area contributed by atoms with Crippen LogP contribution in [0.25, 0.3) is 0 Å². The number of carbonyl (C=O) groups is 1. The Bertz CT molecular complexity index is 772. The summed E-state index contributed by atoms with van der Waals surface area (Å²) < 4.78 is 0. The number of nitrogens with zero attached hydrogens (tertiary/aromatic N) is 2. The van der Waals surface area contributed by atoms with E-state index >= 15 is 0 Å². The summed E-state index contributed by atoms with van der Waals surface area (Å²) in [5.74, 6) is 0.739. The minimum atomic E-state index is 0.0995. The van der Waals surface area contributed by atoms with Gasteiger partial charge in [-0.25, -0.2) is 0 Å². The van der Waals surface area contributed by atoms with Crippen molar-refractivity contribution in [3.63, 3.8) is 0 Å². The molecule has 7 heteroatoms. The van der Waals surface area contributed by atoms with Crippen molar-refractivity contribution in [2.75, 3.05) is 26.7 Å². The molecule has 0 aliphatic carbocycles. The van der Waals surface area contributed by atoms with Gasteiger partial charge in [0.2, 0.25) is 5.91 Å². The Labute approximate surface area is 163 Å². The van der Waals surface area contributed by atoms with E-state index in [1.165, 1.54) is 16.0 Å². The van der Waals surface area contributed by atoms with Gasteiger partial charge in [0.25, 0.3) is 0 Å². The molecule has 1 aliphatic heterocycles. The van der Waals surface area contributed by atoms with Crippen LogP contribution in [0.4, 0.5) is 0 Å². The molecule has 1 aliphatic rings. The van der Waals surface area contributed by atoms with Gasteiger partial charge >= 0.3 is 0 Å². The maximum absolute atomic E-state index is 12.4. The Morgan fingerprint density at radius 1 is 1.27 bits per heavy atom. The van der Waals surface area contributed by atoms with E-state index in [1.54, 1.807) is 18.4 Å². The first-order valence-corrected chi connectivity index (χ1v) is 9.93. The topological polar surface area (TPSA) is 56.7 Å². The summed E-state index contributed by atoms with van der Waals surface area (Å²) in [6, 6.07) is 9.92. The molecule has 0 saturated carbocycles. The number of fused-ring (bicyclic) bond motifs is 1. The predicted octanol–water partition coefficient (Wildman–Crippen LogP) is 2.69. The molecule has 1 aromatic carbocycles. The van der Waals surface area contributed by atoms with Gasteiger partial charge in [0, 0.05) is 36.6 Å². The van der Waals surface area contributed by atoms with Gasteiger partial charge in [0.1, 0.15) is 0 Å². The Morgan fingerprint density at radius 2 is 2.08 bits per heavy atom. The van der Waals surface area contributed by atoms with Crippen LogP contribution in [0.5, 0.6) is 0 Å². The highest BCUT2D eigenvalue weighted by molar-refractivity contribution is 7.10. The summed E-state index contributed by atoms with van der Waals surface area (Å²) in [7, 11) is 1.71. The molecule has 138 valence electrons. The predicted molar refractivity (Wildman–Crippen MR) is 108 cm³/mol. The van der Waals surface area contributed by atoms with Crippen molar-refractivity contribution in [2.45, 2.75) is 19.4 Å². The largest absolute Gasteiger partial charge is 0.356 e. The van der Waals surface area contributed by atoms with Crippen LogP contribution in [0.2, 0.25) is 5.02 Å². The fourth-order valence-electron chi connectivity index (χ4n) is 2.93. The first kappa shape index (κ1) is 18.7. The Hall–Kier alpha value is -2.05. The molecule has 2 N–H and O–H groups in total. The number of hydrogen-bond acceptors (Lipinski definition) is 3. The van der Waals surface area contributed by atoms with Gasteiger partial charge in [-0.1, -0.05) is 23.7 Å². The monoisotopic (exact) mass is 390 g/mol. The molecule has 26 heavy (non-hydrogen) atoms. The van der Waals surface area contributed by atoms with Gasteiger partial charge < -0.3 is 15.5 Å². The number of nitrogens with one attached hydrogen (secondary N) is 2. The van der Waals surface area contributed by atoms with Crippen LogP contribution < -0.4 is 10.6 Å². The fraction of sp³-hybridized carbons (Fsp3) is 0.368. The molecule has 0 saturated heterocycles. The van der Waals surface area contributed by atoms with E-state index in [-0.39, 0.29) is 12.5 Å². The van der Waals surface area contributed by atoms with E-state index in [1.807, 2.05) is 29.2 Å². The Morgan fingerprint density at radius 3 is 2.85 bits per heavy atom. The number of thiophene rings is 1. The van der Waals surface area contributed by atoms with Gasteiger partial charge in [-0.05, 0) is 47.5 Å². The molecule has 0 atom stereocenters. The van der Waals surface area contributed by atoms with E-state index in [0.29, 0.717) is 12.5 Å². The lowest BCUT2D eigenvalue weighted by atomic mass is 10.1. The second-order valence-electron chi connectivity index (χ2n) is 6.16. The SMILES string of the molecule is CN=C(NCCc1ccc(Cl)cc1)NCC(=O)N1CCc2sccc2C1. The van der Waals surface area contributed by atoms with Crippen LogP contribution in [-0.2, 0) is 24.2 Å². The van der Waals surface area contributed by atoms with Crippen LogP contribution in [-0.4, -0.2) is 43.4 Å². The maximum Gasteiger partial charge on any atom is 0.242 e. The second kappa shape index (κ2) is 9.05. The molecular weight excluding hydrogens is 368 g/mol. The minimum Gasteiger partial charge on any atom is -0.356 e. The number of aliphatic imine (C=N–C) groups is 1. The van der Waals surface area contributed by atoms with Crippen molar-refractivity contribution < 1.29 is 4.79 Å². The van der Waals surface area contributed by atoms with Crippen molar-refractivity contribution in [1.82, 2.24) is 15.5 Å². The average Bonchev–Trinajstić information content (AvgIpc) is 3.13. The van der Waals surface area contributed by atoms with Gasteiger partial charge in [-0.2, -0.15) is 0 Å². The molecule has 1 aromatic heterocycles. The maximum atomic E-state index is 12.4. The fourth-order valence-corrected chi connectivity index (χ4v) is 3.95. The Balaban J connectivity index is 1.41. The number of benzene rings is 1. The molecule has 0 fully saturated rings. The van der Waals surface area contributed by atoms with Gasteiger partial charge in [-0.15, -0.1) is 11.3 Å². The van der Waals surface area contributed by atoms with Gasteiger partial charge in [0.15, 0.2) is 5.96 Å².